The van der Waals surface area contributed by atoms with Crippen molar-refractivity contribution >= 4 is 27.5 Å². The third kappa shape index (κ3) is 4.17. The van der Waals surface area contributed by atoms with Crippen LogP contribution in [0.2, 0.25) is 0 Å². The zero-order valence-electron chi connectivity index (χ0n) is 14.3. The molecular formula is C18H24N4O2S. The standard InChI is InChI=1S/C18H24N4O2S/c23-18(11-14-13-24-10-5-19-14)22-8-6-21(7-9-22)12-17-20-15-3-1-2-4-16(15)25-17/h1-4,14,19H,5-13H2. The molecular weight excluding hydrogens is 336 g/mol. The topological polar surface area (TPSA) is 57.7 Å². The highest BCUT2D eigenvalue weighted by Gasteiger charge is 2.25. The number of amides is 1. The Kier molecular flexibility index (Phi) is 5.26. The molecule has 3 heterocycles. The maximum Gasteiger partial charge on any atom is 0.224 e. The van der Waals surface area contributed by atoms with Gasteiger partial charge in [0.1, 0.15) is 5.01 Å². The predicted octanol–water partition coefficient (Wildman–Crippen LogP) is 1.32. The van der Waals surface area contributed by atoms with Gasteiger partial charge in [-0.3, -0.25) is 9.69 Å². The molecule has 0 bridgehead atoms. The zero-order chi connectivity index (χ0) is 17.1. The van der Waals surface area contributed by atoms with E-state index in [0.717, 1.165) is 56.4 Å². The highest BCUT2D eigenvalue weighted by atomic mass is 32.1. The number of ether oxygens (including phenoxy) is 1. The molecule has 1 aromatic carbocycles. The second kappa shape index (κ2) is 7.78. The van der Waals surface area contributed by atoms with Gasteiger partial charge in [0.2, 0.25) is 5.91 Å². The summed E-state index contributed by atoms with van der Waals surface area (Å²) in [5.74, 6) is 0.239. The first kappa shape index (κ1) is 16.9. The smallest absolute Gasteiger partial charge is 0.224 e. The number of carbonyl (C=O) groups is 1. The molecule has 7 heteroatoms. The lowest BCUT2D eigenvalue weighted by molar-refractivity contribution is -0.134. The third-order valence-corrected chi connectivity index (χ3v) is 5.86. The number of fused-ring (bicyclic) bond motifs is 1. The molecule has 1 aromatic heterocycles. The van der Waals surface area contributed by atoms with Gasteiger partial charge in [-0.15, -0.1) is 11.3 Å². The normalized spacial score (nSPS) is 22.4. The van der Waals surface area contributed by atoms with E-state index in [2.05, 4.69) is 28.4 Å². The number of hydrogen-bond acceptors (Lipinski definition) is 6. The van der Waals surface area contributed by atoms with E-state index in [0.29, 0.717) is 13.0 Å². The van der Waals surface area contributed by atoms with Gasteiger partial charge in [-0.2, -0.15) is 0 Å². The summed E-state index contributed by atoms with van der Waals surface area (Å²) in [5, 5.41) is 4.51. The molecule has 2 saturated heterocycles. The molecule has 1 unspecified atom stereocenters. The summed E-state index contributed by atoms with van der Waals surface area (Å²) in [4.78, 5) is 21.5. The van der Waals surface area contributed by atoms with Crippen LogP contribution >= 0.6 is 11.3 Å². The molecule has 2 fully saturated rings. The van der Waals surface area contributed by atoms with Gasteiger partial charge in [0.05, 0.1) is 30.0 Å². The number of nitrogens with one attached hydrogen (secondary N) is 1. The van der Waals surface area contributed by atoms with Crippen LogP contribution in [0, 0.1) is 0 Å². The molecule has 25 heavy (non-hydrogen) atoms. The van der Waals surface area contributed by atoms with E-state index in [4.69, 9.17) is 9.72 Å². The van der Waals surface area contributed by atoms with Crippen molar-refractivity contribution in [2.45, 2.75) is 19.0 Å². The van der Waals surface area contributed by atoms with E-state index in [1.165, 1.54) is 4.70 Å². The Labute approximate surface area is 151 Å². The Morgan fingerprint density at radius 3 is 2.88 bits per heavy atom. The monoisotopic (exact) mass is 360 g/mol. The molecule has 0 spiro atoms. The lowest BCUT2D eigenvalue weighted by atomic mass is 10.1. The van der Waals surface area contributed by atoms with Gasteiger partial charge in [0.25, 0.3) is 0 Å². The molecule has 2 aliphatic heterocycles. The van der Waals surface area contributed by atoms with Crippen molar-refractivity contribution in [3.8, 4) is 0 Å². The molecule has 4 rings (SSSR count). The van der Waals surface area contributed by atoms with Crippen molar-refractivity contribution in [1.29, 1.82) is 0 Å². The average molecular weight is 360 g/mol. The molecule has 1 atom stereocenters. The number of morpholine rings is 1. The van der Waals surface area contributed by atoms with Crippen LogP contribution in [-0.4, -0.2) is 72.7 Å². The van der Waals surface area contributed by atoms with Crippen LogP contribution in [0.15, 0.2) is 24.3 Å². The van der Waals surface area contributed by atoms with Crippen LogP contribution in [0.1, 0.15) is 11.4 Å². The first-order valence-corrected chi connectivity index (χ1v) is 9.75. The van der Waals surface area contributed by atoms with E-state index in [9.17, 15) is 4.79 Å². The molecule has 134 valence electrons. The molecule has 1 amide bonds. The first-order valence-electron chi connectivity index (χ1n) is 8.93. The fraction of sp³-hybridized carbons (Fsp3) is 0.556. The minimum Gasteiger partial charge on any atom is -0.378 e. The minimum atomic E-state index is 0.169. The summed E-state index contributed by atoms with van der Waals surface area (Å²) < 4.78 is 6.68. The maximum atomic E-state index is 12.5. The number of rotatable bonds is 4. The van der Waals surface area contributed by atoms with Crippen molar-refractivity contribution in [3.05, 3.63) is 29.3 Å². The van der Waals surface area contributed by atoms with E-state index in [1.54, 1.807) is 11.3 Å². The summed E-state index contributed by atoms with van der Waals surface area (Å²) in [7, 11) is 0. The summed E-state index contributed by atoms with van der Waals surface area (Å²) in [5.41, 5.74) is 1.08. The highest BCUT2D eigenvalue weighted by Crippen LogP contribution is 2.23. The fourth-order valence-electron chi connectivity index (χ4n) is 3.42. The van der Waals surface area contributed by atoms with Gasteiger partial charge in [-0.05, 0) is 12.1 Å². The van der Waals surface area contributed by atoms with Crippen molar-refractivity contribution < 1.29 is 9.53 Å². The van der Waals surface area contributed by atoms with E-state index in [1.807, 2.05) is 11.0 Å². The summed E-state index contributed by atoms with van der Waals surface area (Å²) in [6.45, 7) is 6.53. The lowest BCUT2D eigenvalue weighted by Crippen LogP contribution is -2.51. The number of para-hydroxylation sites is 1. The van der Waals surface area contributed by atoms with Gasteiger partial charge in [-0.25, -0.2) is 4.98 Å². The summed E-state index contributed by atoms with van der Waals surface area (Å²) >= 11 is 1.77. The van der Waals surface area contributed by atoms with Crippen molar-refractivity contribution in [3.63, 3.8) is 0 Å². The van der Waals surface area contributed by atoms with E-state index in [-0.39, 0.29) is 11.9 Å². The Hall–Kier alpha value is -1.54. The number of hydrogen-bond donors (Lipinski definition) is 1. The van der Waals surface area contributed by atoms with E-state index < -0.39 is 0 Å². The van der Waals surface area contributed by atoms with Crippen molar-refractivity contribution in [1.82, 2.24) is 20.1 Å². The van der Waals surface area contributed by atoms with Crippen LogP contribution in [-0.2, 0) is 16.1 Å². The van der Waals surface area contributed by atoms with Crippen LogP contribution in [0.4, 0.5) is 0 Å². The number of benzene rings is 1. The minimum absolute atomic E-state index is 0.169. The van der Waals surface area contributed by atoms with Crippen LogP contribution in [0.25, 0.3) is 10.2 Å². The molecule has 0 saturated carbocycles. The number of thiazole rings is 1. The second-order valence-electron chi connectivity index (χ2n) is 6.66. The lowest BCUT2D eigenvalue weighted by Gasteiger charge is -2.35. The van der Waals surface area contributed by atoms with Crippen molar-refractivity contribution in [2.75, 3.05) is 45.9 Å². The van der Waals surface area contributed by atoms with Crippen LogP contribution in [0.3, 0.4) is 0 Å². The largest absolute Gasteiger partial charge is 0.378 e. The zero-order valence-corrected chi connectivity index (χ0v) is 15.1. The van der Waals surface area contributed by atoms with Gasteiger partial charge < -0.3 is 15.0 Å². The SMILES string of the molecule is O=C(CC1COCCN1)N1CCN(Cc2nc3ccccc3s2)CC1. The molecule has 2 aromatic rings. The number of carbonyl (C=O) groups excluding carboxylic acids is 1. The number of nitrogens with zero attached hydrogens (tertiary/aromatic N) is 3. The highest BCUT2D eigenvalue weighted by molar-refractivity contribution is 7.18. The first-order chi connectivity index (χ1) is 12.3. The quantitative estimate of drug-likeness (QED) is 0.891. The maximum absolute atomic E-state index is 12.5. The fourth-order valence-corrected chi connectivity index (χ4v) is 4.43. The molecule has 6 nitrogen and oxygen atoms in total. The predicted molar refractivity (Wildman–Crippen MR) is 98.7 cm³/mol. The van der Waals surface area contributed by atoms with Crippen LogP contribution < -0.4 is 5.32 Å². The van der Waals surface area contributed by atoms with Crippen molar-refractivity contribution in [2.24, 2.45) is 0 Å². The van der Waals surface area contributed by atoms with Gasteiger partial charge in [0.15, 0.2) is 0 Å². The number of piperazine rings is 1. The molecule has 1 N–H and O–H groups in total. The summed E-state index contributed by atoms with van der Waals surface area (Å²) in [6, 6.07) is 8.44. The Balaban J connectivity index is 1.26. The third-order valence-electron chi connectivity index (χ3n) is 4.84. The average Bonchev–Trinajstić information content (AvgIpc) is 3.05. The Morgan fingerprint density at radius 2 is 2.12 bits per heavy atom. The van der Waals surface area contributed by atoms with Gasteiger partial charge in [0, 0.05) is 45.2 Å². The molecule has 0 radical (unpaired) electrons. The Bertz CT molecular complexity index is 688. The van der Waals surface area contributed by atoms with Crippen LogP contribution in [0.5, 0.6) is 0 Å². The second-order valence-corrected chi connectivity index (χ2v) is 7.78. The van der Waals surface area contributed by atoms with Gasteiger partial charge >= 0.3 is 0 Å². The van der Waals surface area contributed by atoms with E-state index >= 15 is 0 Å². The molecule has 2 aliphatic rings. The summed E-state index contributed by atoms with van der Waals surface area (Å²) in [6.07, 6.45) is 0.540. The number of aromatic nitrogens is 1. The van der Waals surface area contributed by atoms with Gasteiger partial charge in [-0.1, -0.05) is 12.1 Å². The molecule has 0 aliphatic carbocycles. The Morgan fingerprint density at radius 1 is 1.28 bits per heavy atom.